The largest absolute Gasteiger partial charge is 0.449 e. The molecule has 0 saturated heterocycles. The van der Waals surface area contributed by atoms with Crippen molar-refractivity contribution in [3.8, 4) is 11.1 Å². The number of ether oxygens (including phenoxy) is 1. The van der Waals surface area contributed by atoms with Crippen molar-refractivity contribution in [1.29, 1.82) is 0 Å². The number of hydrogen-bond acceptors (Lipinski definition) is 6. The molecule has 9 nitrogen and oxygen atoms in total. The fourth-order valence-corrected chi connectivity index (χ4v) is 9.23. The van der Waals surface area contributed by atoms with Crippen LogP contribution in [0.25, 0.3) is 11.1 Å². The van der Waals surface area contributed by atoms with E-state index in [9.17, 15) is 14.7 Å². The van der Waals surface area contributed by atoms with Crippen molar-refractivity contribution in [2.45, 2.75) is 55.8 Å². The average molecular weight is 863 g/mol. The fourth-order valence-electron chi connectivity index (χ4n) is 9.23. The number of primary amides is 1. The molecule has 0 fully saturated rings. The Bertz CT molecular complexity index is 2520. The number of nitrogens with one attached hydrogen (secondary N) is 2. The van der Waals surface area contributed by atoms with E-state index in [1.54, 1.807) is 24.3 Å². The number of unbranched alkanes of at least 4 members (excludes halogenated alkanes) is 1. The number of benzene rings is 7. The van der Waals surface area contributed by atoms with Gasteiger partial charge in [0, 0.05) is 18.0 Å². The number of carbonyl (C=O) groups is 3. The van der Waals surface area contributed by atoms with Gasteiger partial charge in [-0.3, -0.25) is 19.8 Å². The lowest BCUT2D eigenvalue weighted by molar-refractivity contribution is -0.125. The molecule has 0 radical (unpaired) electrons. The second-order valence-electron chi connectivity index (χ2n) is 16.4. The Morgan fingerprint density at radius 3 is 1.62 bits per heavy atom. The van der Waals surface area contributed by atoms with Crippen LogP contribution in [0.1, 0.15) is 64.1 Å². The number of hydrogen-bond donors (Lipinski definition) is 4. The molecule has 0 saturated carbocycles. The number of aliphatic hydroxyl groups is 1. The Hall–Kier alpha value is -7.33. The maximum atomic E-state index is 15.1. The number of aliphatic hydroxyl groups excluding tert-OH is 1. The Morgan fingerprint density at radius 2 is 1.11 bits per heavy atom. The molecule has 0 heterocycles. The number of amides is 3. The Morgan fingerprint density at radius 1 is 0.615 bits per heavy atom. The zero-order valence-corrected chi connectivity index (χ0v) is 36.3. The summed E-state index contributed by atoms with van der Waals surface area (Å²) in [7, 11) is 0. The van der Waals surface area contributed by atoms with Crippen molar-refractivity contribution in [1.82, 2.24) is 10.6 Å². The van der Waals surface area contributed by atoms with E-state index >= 15 is 4.79 Å². The summed E-state index contributed by atoms with van der Waals surface area (Å²) >= 11 is 0. The molecule has 0 spiro atoms. The minimum atomic E-state index is -1.13. The highest BCUT2D eigenvalue weighted by Gasteiger charge is 2.38. The first kappa shape index (κ1) is 44.3. The third-order valence-electron chi connectivity index (χ3n) is 12.4. The molecular weight excluding hydrogens is 809 g/mol. The molecule has 7 aromatic rings. The molecule has 8 rings (SSSR count). The predicted molar refractivity (Wildman–Crippen MR) is 256 cm³/mol. The van der Waals surface area contributed by atoms with Crippen LogP contribution in [0.3, 0.4) is 0 Å². The van der Waals surface area contributed by atoms with Crippen LogP contribution in [0.4, 0.5) is 10.5 Å². The van der Waals surface area contributed by atoms with E-state index < -0.39 is 35.5 Å². The number of rotatable bonds is 19. The highest BCUT2D eigenvalue weighted by atomic mass is 16.5. The number of nitrogens with zero attached hydrogens (tertiary/aromatic N) is 1. The van der Waals surface area contributed by atoms with E-state index in [1.807, 2.05) is 109 Å². The molecule has 3 amide bonds. The Balaban J connectivity index is 1.04. The van der Waals surface area contributed by atoms with Crippen molar-refractivity contribution in [2.24, 2.45) is 5.73 Å². The van der Waals surface area contributed by atoms with E-state index in [0.29, 0.717) is 30.6 Å². The van der Waals surface area contributed by atoms with E-state index in [0.717, 1.165) is 44.5 Å². The summed E-state index contributed by atoms with van der Waals surface area (Å²) in [5.74, 6) is -1.37. The summed E-state index contributed by atoms with van der Waals surface area (Å²) in [6, 6.07) is 61.3. The van der Waals surface area contributed by atoms with Crippen molar-refractivity contribution in [2.75, 3.05) is 18.1 Å². The summed E-state index contributed by atoms with van der Waals surface area (Å²) in [6.07, 6.45) is 0.816. The van der Waals surface area contributed by atoms with Gasteiger partial charge in [0.05, 0.1) is 12.1 Å². The molecule has 328 valence electrons. The normalized spacial score (nSPS) is 12.9. The molecule has 2 atom stereocenters. The van der Waals surface area contributed by atoms with Gasteiger partial charge in [0.25, 0.3) is 5.91 Å². The molecule has 1 aliphatic carbocycles. The van der Waals surface area contributed by atoms with Crippen LogP contribution in [-0.2, 0) is 32.9 Å². The molecular formula is C56H54N4O5. The number of anilines is 1. The molecule has 0 bridgehead atoms. The van der Waals surface area contributed by atoms with Crippen molar-refractivity contribution in [3.63, 3.8) is 0 Å². The maximum absolute atomic E-state index is 15.1. The third-order valence-corrected chi connectivity index (χ3v) is 12.4. The zero-order valence-electron chi connectivity index (χ0n) is 36.3. The summed E-state index contributed by atoms with van der Waals surface area (Å²) < 4.78 is 5.95. The van der Waals surface area contributed by atoms with Gasteiger partial charge in [0.2, 0.25) is 5.91 Å². The van der Waals surface area contributed by atoms with Crippen LogP contribution in [0.5, 0.6) is 0 Å². The lowest BCUT2D eigenvalue weighted by atomic mass is 9.77. The molecule has 0 aromatic heterocycles. The predicted octanol–water partition coefficient (Wildman–Crippen LogP) is 9.27. The van der Waals surface area contributed by atoms with Crippen LogP contribution in [0.2, 0.25) is 0 Å². The minimum Gasteiger partial charge on any atom is -0.449 e. The number of alkyl carbamates (subject to hydrolysis) is 1. The van der Waals surface area contributed by atoms with Gasteiger partial charge < -0.3 is 20.9 Å². The maximum Gasteiger partial charge on any atom is 0.407 e. The second-order valence-corrected chi connectivity index (χ2v) is 16.4. The van der Waals surface area contributed by atoms with E-state index in [2.05, 4.69) is 71.3 Å². The summed E-state index contributed by atoms with van der Waals surface area (Å²) in [4.78, 5) is 44.1. The van der Waals surface area contributed by atoms with Crippen LogP contribution in [0, 0.1) is 0 Å². The van der Waals surface area contributed by atoms with Crippen LogP contribution < -0.4 is 21.3 Å². The molecule has 7 aromatic carbocycles. The Kier molecular flexibility index (Phi) is 14.2. The molecule has 0 aliphatic heterocycles. The van der Waals surface area contributed by atoms with E-state index in [-0.39, 0.29) is 32.0 Å². The van der Waals surface area contributed by atoms with Gasteiger partial charge in [-0.25, -0.2) is 4.79 Å². The standard InChI is InChI=1S/C56H54N4O5/c57-53(62)52(31-17-18-36-58-56(42-21-7-2-8-22-42,43-23-9-3-10-24-43)44-25-11-4-12-26-44)60(45-34-32-41(38-61)33-35-45)54(63)51(37-40-19-5-1-6-20-40)59-55(64)65-39-50-48-29-15-13-27-46(48)47-28-14-16-30-49(47)50/h1-16,19-30,32-35,50-52,58,61H,17-18,31,36-39H2,(H2,57,62)(H,59,64). The molecule has 65 heavy (non-hydrogen) atoms. The van der Waals surface area contributed by atoms with Gasteiger partial charge in [-0.05, 0) is 88.0 Å². The first-order valence-electron chi connectivity index (χ1n) is 22.3. The molecule has 9 heteroatoms. The lowest BCUT2D eigenvalue weighted by Gasteiger charge is -2.37. The van der Waals surface area contributed by atoms with Gasteiger partial charge in [0.15, 0.2) is 0 Å². The highest BCUT2D eigenvalue weighted by Crippen LogP contribution is 2.44. The first-order valence-corrected chi connectivity index (χ1v) is 22.3. The summed E-state index contributed by atoms with van der Waals surface area (Å²) in [5.41, 5.74) is 15.0. The third kappa shape index (κ3) is 9.92. The summed E-state index contributed by atoms with van der Waals surface area (Å²) in [5, 5.41) is 16.7. The number of fused-ring (bicyclic) bond motifs is 3. The number of carbonyl (C=O) groups excluding carboxylic acids is 3. The van der Waals surface area contributed by atoms with Crippen LogP contribution in [0.15, 0.2) is 194 Å². The monoisotopic (exact) mass is 862 g/mol. The molecule has 5 N–H and O–H groups in total. The second kappa shape index (κ2) is 20.9. The smallest absolute Gasteiger partial charge is 0.407 e. The topological polar surface area (TPSA) is 134 Å². The van der Waals surface area contributed by atoms with Crippen molar-refractivity contribution in [3.05, 3.63) is 233 Å². The lowest BCUT2D eigenvalue weighted by Crippen LogP contribution is -2.56. The fraction of sp³-hybridized carbons (Fsp3) is 0.196. The minimum absolute atomic E-state index is 0.0660. The van der Waals surface area contributed by atoms with Gasteiger partial charge >= 0.3 is 6.09 Å². The van der Waals surface area contributed by atoms with Gasteiger partial charge in [-0.1, -0.05) is 182 Å². The van der Waals surface area contributed by atoms with Crippen molar-refractivity contribution < 1.29 is 24.2 Å². The SMILES string of the molecule is NC(=O)C(CCCCNC(c1ccccc1)(c1ccccc1)c1ccccc1)N(C(=O)C(Cc1ccccc1)NC(=O)OCC1c2ccccc2-c2ccccc21)c1ccc(CO)cc1. The van der Waals surface area contributed by atoms with Gasteiger partial charge in [-0.15, -0.1) is 0 Å². The van der Waals surface area contributed by atoms with Gasteiger partial charge in [0.1, 0.15) is 18.7 Å². The molecule has 1 aliphatic rings. The molecule has 2 unspecified atom stereocenters. The quantitative estimate of drug-likeness (QED) is 0.0474. The average Bonchev–Trinajstić information content (AvgIpc) is 3.68. The van der Waals surface area contributed by atoms with E-state index in [4.69, 9.17) is 10.5 Å². The van der Waals surface area contributed by atoms with E-state index in [1.165, 1.54) is 4.90 Å². The highest BCUT2D eigenvalue weighted by molar-refractivity contribution is 6.04. The zero-order chi connectivity index (χ0) is 45.0. The number of nitrogens with two attached hydrogens (primary N) is 1. The van der Waals surface area contributed by atoms with Crippen LogP contribution in [-0.4, -0.2) is 48.2 Å². The van der Waals surface area contributed by atoms with Crippen molar-refractivity contribution >= 4 is 23.6 Å². The summed E-state index contributed by atoms with van der Waals surface area (Å²) in [6.45, 7) is 0.441. The van der Waals surface area contributed by atoms with Crippen LogP contribution >= 0.6 is 0 Å². The Labute approximate surface area is 380 Å². The first-order chi connectivity index (χ1) is 31.9. The van der Waals surface area contributed by atoms with Gasteiger partial charge in [-0.2, -0.15) is 0 Å².